The topological polar surface area (TPSA) is 137 Å². The molecule has 0 bridgehead atoms. The Morgan fingerprint density at radius 1 is 1.35 bits per heavy atom. The van der Waals surface area contributed by atoms with Gasteiger partial charge in [0.2, 0.25) is 5.95 Å². The van der Waals surface area contributed by atoms with Crippen LogP contribution in [0.4, 0.5) is 17.3 Å². The Kier molecular flexibility index (Phi) is 6.93. The van der Waals surface area contributed by atoms with Crippen molar-refractivity contribution in [2.75, 3.05) is 37.6 Å². The number of hydrogen-bond acceptors (Lipinski definition) is 9. The van der Waals surface area contributed by atoms with E-state index < -0.39 is 5.41 Å². The van der Waals surface area contributed by atoms with Crippen LogP contribution in [-0.4, -0.2) is 46.6 Å². The Morgan fingerprint density at radius 3 is 2.92 bits per heavy atom. The molecule has 3 aromatic rings. The molecule has 4 N–H and O–H groups in total. The second-order valence-electron chi connectivity index (χ2n) is 10.0. The van der Waals surface area contributed by atoms with Gasteiger partial charge in [-0.2, -0.15) is 5.26 Å². The Labute approximate surface area is 215 Å². The van der Waals surface area contributed by atoms with Crippen LogP contribution in [0.3, 0.4) is 0 Å². The zero-order valence-electron chi connectivity index (χ0n) is 21.0. The summed E-state index contributed by atoms with van der Waals surface area (Å²) in [6.45, 7) is 3.92. The van der Waals surface area contributed by atoms with Gasteiger partial charge in [-0.3, -0.25) is 10.1 Å². The van der Waals surface area contributed by atoms with Crippen molar-refractivity contribution >= 4 is 17.3 Å². The minimum atomic E-state index is -0.493. The molecular formula is C27H31N7O3. The molecule has 192 valence electrons. The van der Waals surface area contributed by atoms with Gasteiger partial charge in [-0.15, -0.1) is 0 Å². The third-order valence-corrected chi connectivity index (χ3v) is 6.92. The van der Waals surface area contributed by atoms with Gasteiger partial charge in [0, 0.05) is 36.5 Å². The highest BCUT2D eigenvalue weighted by atomic mass is 16.5. The lowest BCUT2D eigenvalue weighted by molar-refractivity contribution is 0.108. The molecule has 10 nitrogen and oxygen atoms in total. The number of nitriles is 1. The van der Waals surface area contributed by atoms with Crippen LogP contribution in [0.5, 0.6) is 0 Å². The van der Waals surface area contributed by atoms with E-state index in [1.54, 1.807) is 29.0 Å². The maximum atomic E-state index is 13.2. The largest absolute Gasteiger partial charge is 0.395 e. The molecule has 2 aromatic heterocycles. The summed E-state index contributed by atoms with van der Waals surface area (Å²) in [5.74, 6) is 0.815. The molecular weight excluding hydrogens is 470 g/mol. The van der Waals surface area contributed by atoms with Gasteiger partial charge in [0.05, 0.1) is 36.9 Å². The number of aliphatic hydroxyl groups is 1. The molecule has 1 aromatic carbocycles. The van der Waals surface area contributed by atoms with Crippen LogP contribution < -0.4 is 21.5 Å². The van der Waals surface area contributed by atoms with E-state index in [1.165, 1.54) is 0 Å². The first kappa shape index (κ1) is 24.9. The number of ether oxygens (including phenoxy) is 1. The van der Waals surface area contributed by atoms with E-state index in [2.05, 4.69) is 32.0 Å². The normalized spacial score (nSPS) is 18.2. The Balaban J connectivity index is 1.47. The third kappa shape index (κ3) is 5.20. The number of benzene rings is 1. The summed E-state index contributed by atoms with van der Waals surface area (Å²) in [4.78, 5) is 22.2. The van der Waals surface area contributed by atoms with Gasteiger partial charge in [0.15, 0.2) is 0 Å². The molecule has 0 radical (unpaired) electrons. The molecule has 37 heavy (non-hydrogen) atoms. The molecule has 0 unspecified atom stereocenters. The molecule has 1 aliphatic carbocycles. The zero-order valence-corrected chi connectivity index (χ0v) is 21.0. The van der Waals surface area contributed by atoms with Crippen molar-refractivity contribution < 1.29 is 9.84 Å². The predicted octanol–water partition coefficient (Wildman–Crippen LogP) is 2.70. The molecule has 0 amide bonds. The Hall–Kier alpha value is -3.78. The average molecular weight is 502 g/mol. The van der Waals surface area contributed by atoms with E-state index in [0.717, 1.165) is 35.2 Å². The van der Waals surface area contributed by atoms with E-state index in [0.29, 0.717) is 49.3 Å². The molecule has 1 fully saturated rings. The number of aromatic nitrogens is 3. The molecule has 0 spiro atoms. The number of nitrogens with zero attached hydrogens (tertiary/aromatic N) is 4. The van der Waals surface area contributed by atoms with Crippen LogP contribution in [0.25, 0.3) is 11.3 Å². The minimum absolute atomic E-state index is 0.0423. The molecule has 3 heterocycles. The first-order valence-corrected chi connectivity index (χ1v) is 12.4. The van der Waals surface area contributed by atoms with Crippen LogP contribution in [0.1, 0.15) is 36.5 Å². The fourth-order valence-corrected chi connectivity index (χ4v) is 4.62. The van der Waals surface area contributed by atoms with E-state index >= 15 is 0 Å². The molecule has 2 aliphatic rings. The predicted molar refractivity (Wildman–Crippen MR) is 141 cm³/mol. The summed E-state index contributed by atoms with van der Waals surface area (Å²) in [6, 6.07) is 9.53. The van der Waals surface area contributed by atoms with E-state index in [-0.39, 0.29) is 18.1 Å². The average Bonchev–Trinajstić information content (AvgIpc) is 3.67. The Morgan fingerprint density at radius 2 is 2.19 bits per heavy atom. The van der Waals surface area contributed by atoms with Gasteiger partial charge in [0.1, 0.15) is 11.8 Å². The minimum Gasteiger partial charge on any atom is -0.395 e. The fourth-order valence-electron chi connectivity index (χ4n) is 4.62. The summed E-state index contributed by atoms with van der Waals surface area (Å²) in [5, 5.41) is 29.1. The van der Waals surface area contributed by atoms with E-state index in [1.807, 2.05) is 26.2 Å². The molecule has 1 aliphatic heterocycles. The van der Waals surface area contributed by atoms with Gasteiger partial charge in [-0.1, -0.05) is 6.92 Å². The quantitative estimate of drug-likeness (QED) is 0.244. The van der Waals surface area contributed by atoms with E-state index in [4.69, 9.17) is 4.74 Å². The summed E-state index contributed by atoms with van der Waals surface area (Å²) in [5.41, 5.74) is 4.11. The van der Waals surface area contributed by atoms with Gasteiger partial charge in [-0.25, -0.2) is 9.97 Å². The van der Waals surface area contributed by atoms with Gasteiger partial charge >= 0.3 is 0 Å². The number of aliphatic hydroxyl groups excluding tert-OH is 1. The Bertz CT molecular complexity index is 1410. The number of pyridine rings is 1. The molecule has 1 atom stereocenters. The monoisotopic (exact) mass is 501 g/mol. The zero-order chi connectivity index (χ0) is 26.0. The lowest BCUT2D eigenvalue weighted by Gasteiger charge is -2.21. The first-order chi connectivity index (χ1) is 17.9. The van der Waals surface area contributed by atoms with Crippen molar-refractivity contribution in [2.24, 2.45) is 5.92 Å². The highest BCUT2D eigenvalue weighted by molar-refractivity contribution is 5.76. The summed E-state index contributed by atoms with van der Waals surface area (Å²) < 4.78 is 7.36. The number of rotatable bonds is 10. The number of fused-ring (bicyclic) bond motifs is 1. The molecule has 0 saturated heterocycles. The van der Waals surface area contributed by atoms with Crippen LogP contribution in [0, 0.1) is 17.2 Å². The highest BCUT2D eigenvalue weighted by Gasteiger charge is 2.36. The van der Waals surface area contributed by atoms with Crippen LogP contribution in [-0.2, 0) is 23.3 Å². The summed E-state index contributed by atoms with van der Waals surface area (Å²) in [6.07, 6.45) is 5.75. The lowest BCUT2D eigenvalue weighted by Crippen LogP contribution is -2.28. The van der Waals surface area contributed by atoms with Gasteiger partial charge < -0.3 is 25.0 Å². The summed E-state index contributed by atoms with van der Waals surface area (Å²) >= 11 is 0. The van der Waals surface area contributed by atoms with Crippen LogP contribution >= 0.6 is 0 Å². The molecule has 1 saturated carbocycles. The highest BCUT2D eigenvalue weighted by Crippen LogP contribution is 2.41. The molecule has 5 rings (SSSR count). The van der Waals surface area contributed by atoms with Crippen LogP contribution in [0.2, 0.25) is 0 Å². The number of hydrogen-bond donors (Lipinski definition) is 4. The maximum absolute atomic E-state index is 13.2. The van der Waals surface area contributed by atoms with Gasteiger partial charge in [-0.05, 0) is 61.2 Å². The second-order valence-corrected chi connectivity index (χ2v) is 10.0. The van der Waals surface area contributed by atoms with Crippen LogP contribution in [0.15, 0.2) is 41.5 Å². The second kappa shape index (κ2) is 10.3. The standard InChI is InChI=1S/C27H31N7O3/c1-27(15-35)14-31-24-20(10-28)8-19(9-21(24)27)22-5-6-30-26(32-22)33-23-7-18(13-37-16-29-2)12-34(25(23)36)11-17-3-4-17/h5-9,12,17,29,31,35H,3-4,11,13-16H2,1-2H3,(H,30,32,33)/t27-/m1/s1. The van der Waals surface area contributed by atoms with Crippen molar-refractivity contribution in [3.8, 4) is 17.3 Å². The molecule has 10 heteroatoms. The lowest BCUT2D eigenvalue weighted by atomic mass is 9.83. The van der Waals surface area contributed by atoms with Crippen molar-refractivity contribution in [3.05, 3.63) is 63.7 Å². The number of nitrogens with one attached hydrogen (secondary N) is 3. The fraction of sp³-hybridized carbons (Fsp3) is 0.407. The van der Waals surface area contributed by atoms with Crippen molar-refractivity contribution in [3.63, 3.8) is 0 Å². The smallest absolute Gasteiger partial charge is 0.274 e. The third-order valence-electron chi connectivity index (χ3n) is 6.92. The van der Waals surface area contributed by atoms with Crippen molar-refractivity contribution in [2.45, 2.75) is 38.3 Å². The maximum Gasteiger partial charge on any atom is 0.274 e. The number of anilines is 3. The SMILES string of the molecule is CNCOCc1cc(Nc2nccc(-c3cc(C#N)c4c(c3)[C@@](C)(CO)CN4)n2)c(=O)n(CC2CC2)c1. The van der Waals surface area contributed by atoms with Crippen molar-refractivity contribution in [1.29, 1.82) is 5.26 Å². The summed E-state index contributed by atoms with van der Waals surface area (Å²) in [7, 11) is 1.81. The first-order valence-electron chi connectivity index (χ1n) is 12.4. The van der Waals surface area contributed by atoms with Gasteiger partial charge in [0.25, 0.3) is 5.56 Å². The van der Waals surface area contributed by atoms with E-state index in [9.17, 15) is 15.2 Å². The van der Waals surface area contributed by atoms with Crippen molar-refractivity contribution in [1.82, 2.24) is 19.9 Å².